The standard InChI is InChI=1S/C10H12ClNO4S/c11-9-8(2-5-16-9)10(13)12-3-1-6-17(14,15)7-4-12/h2,5H,1,3-4,6-7H2. The summed E-state index contributed by atoms with van der Waals surface area (Å²) in [7, 11) is -3.01. The zero-order valence-electron chi connectivity index (χ0n) is 9.06. The van der Waals surface area contributed by atoms with E-state index in [1.54, 1.807) is 0 Å². The van der Waals surface area contributed by atoms with Crippen molar-refractivity contribution in [2.45, 2.75) is 6.42 Å². The lowest BCUT2D eigenvalue weighted by Gasteiger charge is -2.18. The van der Waals surface area contributed by atoms with E-state index in [0.717, 1.165) is 0 Å². The molecule has 0 aliphatic carbocycles. The van der Waals surface area contributed by atoms with Gasteiger partial charge < -0.3 is 9.32 Å². The number of hydrogen-bond donors (Lipinski definition) is 0. The quantitative estimate of drug-likeness (QED) is 0.773. The molecule has 0 bridgehead atoms. The van der Waals surface area contributed by atoms with Gasteiger partial charge in [-0.15, -0.1) is 0 Å². The number of rotatable bonds is 1. The molecule has 0 atom stereocenters. The maximum absolute atomic E-state index is 12.0. The summed E-state index contributed by atoms with van der Waals surface area (Å²) >= 11 is 5.72. The Morgan fingerprint density at radius 2 is 2.12 bits per heavy atom. The second-order valence-electron chi connectivity index (χ2n) is 3.91. The SMILES string of the molecule is O=C(c1ccoc1Cl)N1CCCS(=O)(=O)CC1. The van der Waals surface area contributed by atoms with E-state index in [1.807, 2.05) is 0 Å². The van der Waals surface area contributed by atoms with E-state index in [-0.39, 0.29) is 34.7 Å². The smallest absolute Gasteiger partial charge is 0.258 e. The monoisotopic (exact) mass is 277 g/mol. The Balaban J connectivity index is 2.14. The van der Waals surface area contributed by atoms with Crippen LogP contribution in [0.1, 0.15) is 16.8 Å². The fourth-order valence-electron chi connectivity index (χ4n) is 1.76. The van der Waals surface area contributed by atoms with Gasteiger partial charge in [-0.05, 0) is 24.1 Å². The van der Waals surface area contributed by atoms with Crippen LogP contribution < -0.4 is 0 Å². The first-order chi connectivity index (χ1) is 7.99. The first kappa shape index (κ1) is 12.4. The lowest BCUT2D eigenvalue weighted by Crippen LogP contribution is -2.33. The summed E-state index contributed by atoms with van der Waals surface area (Å²) in [5.74, 6) is -0.134. The van der Waals surface area contributed by atoms with Gasteiger partial charge in [0.2, 0.25) is 5.22 Å². The van der Waals surface area contributed by atoms with Crippen molar-refractivity contribution in [3.8, 4) is 0 Å². The van der Waals surface area contributed by atoms with Gasteiger partial charge in [-0.3, -0.25) is 4.79 Å². The molecule has 0 N–H and O–H groups in total. The lowest BCUT2D eigenvalue weighted by molar-refractivity contribution is 0.0768. The van der Waals surface area contributed by atoms with E-state index >= 15 is 0 Å². The molecular weight excluding hydrogens is 266 g/mol. The predicted octanol–water partition coefficient (Wildman–Crippen LogP) is 1.19. The first-order valence-corrected chi connectivity index (χ1v) is 7.42. The molecule has 1 aliphatic rings. The fourth-order valence-corrected chi connectivity index (χ4v) is 3.22. The summed E-state index contributed by atoms with van der Waals surface area (Å²) in [6.07, 6.45) is 1.80. The number of furan rings is 1. The van der Waals surface area contributed by atoms with Crippen molar-refractivity contribution in [3.05, 3.63) is 23.1 Å². The molecule has 2 rings (SSSR count). The maximum Gasteiger partial charge on any atom is 0.258 e. The molecule has 1 aromatic heterocycles. The van der Waals surface area contributed by atoms with Crippen molar-refractivity contribution in [1.29, 1.82) is 0 Å². The maximum atomic E-state index is 12.0. The summed E-state index contributed by atoms with van der Waals surface area (Å²) in [6, 6.07) is 1.49. The second kappa shape index (κ2) is 4.70. The van der Waals surface area contributed by atoms with Crippen LogP contribution in [0.25, 0.3) is 0 Å². The van der Waals surface area contributed by atoms with Crippen LogP contribution in [-0.4, -0.2) is 43.8 Å². The summed E-state index contributed by atoms with van der Waals surface area (Å²) in [5.41, 5.74) is 0.283. The molecule has 0 aromatic carbocycles. The van der Waals surface area contributed by atoms with E-state index in [4.69, 9.17) is 16.0 Å². The summed E-state index contributed by atoms with van der Waals surface area (Å²) in [4.78, 5) is 13.5. The molecule has 2 heterocycles. The molecule has 7 heteroatoms. The minimum atomic E-state index is -3.01. The molecule has 0 spiro atoms. The molecule has 17 heavy (non-hydrogen) atoms. The van der Waals surface area contributed by atoms with Crippen molar-refractivity contribution < 1.29 is 17.6 Å². The molecule has 5 nitrogen and oxygen atoms in total. The molecule has 1 aromatic rings. The van der Waals surface area contributed by atoms with Crippen molar-refractivity contribution in [3.63, 3.8) is 0 Å². The topological polar surface area (TPSA) is 67.6 Å². The average molecular weight is 278 g/mol. The number of sulfone groups is 1. The van der Waals surface area contributed by atoms with Crippen LogP contribution in [-0.2, 0) is 9.84 Å². The highest BCUT2D eigenvalue weighted by Gasteiger charge is 2.25. The Morgan fingerprint density at radius 1 is 1.35 bits per heavy atom. The highest BCUT2D eigenvalue weighted by atomic mass is 35.5. The number of carbonyl (C=O) groups is 1. The number of nitrogens with zero attached hydrogens (tertiary/aromatic N) is 1. The fraction of sp³-hybridized carbons (Fsp3) is 0.500. The van der Waals surface area contributed by atoms with Crippen LogP contribution in [0.15, 0.2) is 16.7 Å². The van der Waals surface area contributed by atoms with Crippen LogP contribution in [0.2, 0.25) is 5.22 Å². The molecule has 1 fully saturated rings. The third kappa shape index (κ3) is 2.81. The molecule has 0 radical (unpaired) electrons. The summed E-state index contributed by atoms with van der Waals surface area (Å²) in [5, 5.41) is 0.0436. The predicted molar refractivity (Wildman–Crippen MR) is 62.9 cm³/mol. The molecule has 94 valence electrons. The van der Waals surface area contributed by atoms with Gasteiger partial charge >= 0.3 is 0 Å². The summed E-state index contributed by atoms with van der Waals surface area (Å²) in [6.45, 7) is 0.641. The van der Waals surface area contributed by atoms with Gasteiger partial charge in [0.15, 0.2) is 9.84 Å². The first-order valence-electron chi connectivity index (χ1n) is 5.22. The lowest BCUT2D eigenvalue weighted by atomic mass is 10.3. The van der Waals surface area contributed by atoms with Crippen molar-refractivity contribution in [2.75, 3.05) is 24.6 Å². The third-order valence-corrected chi connectivity index (χ3v) is 4.70. The summed E-state index contributed by atoms with van der Waals surface area (Å²) < 4.78 is 27.7. The minimum Gasteiger partial charge on any atom is -0.452 e. The Kier molecular flexibility index (Phi) is 3.44. The Labute approximate surface area is 104 Å². The van der Waals surface area contributed by atoms with Gasteiger partial charge in [-0.1, -0.05) is 0 Å². The van der Waals surface area contributed by atoms with Gasteiger partial charge in [0.25, 0.3) is 5.91 Å². The molecule has 0 unspecified atom stereocenters. The Hall–Kier alpha value is -1.01. The zero-order chi connectivity index (χ0) is 12.5. The van der Waals surface area contributed by atoms with E-state index in [0.29, 0.717) is 13.0 Å². The number of carbonyl (C=O) groups excluding carboxylic acids is 1. The van der Waals surface area contributed by atoms with Gasteiger partial charge in [0.1, 0.15) is 0 Å². The van der Waals surface area contributed by atoms with Crippen LogP contribution in [0, 0.1) is 0 Å². The van der Waals surface area contributed by atoms with Crippen LogP contribution in [0.3, 0.4) is 0 Å². The molecule has 1 amide bonds. The molecule has 1 saturated heterocycles. The third-order valence-electron chi connectivity index (χ3n) is 2.69. The van der Waals surface area contributed by atoms with E-state index in [2.05, 4.69) is 0 Å². The van der Waals surface area contributed by atoms with Gasteiger partial charge in [0, 0.05) is 13.1 Å². The van der Waals surface area contributed by atoms with Crippen molar-refractivity contribution in [1.82, 2.24) is 4.90 Å². The van der Waals surface area contributed by atoms with Crippen LogP contribution in [0.4, 0.5) is 0 Å². The van der Waals surface area contributed by atoms with E-state index in [1.165, 1.54) is 17.2 Å². The molecular formula is C10H12ClNO4S. The molecule has 1 aliphatic heterocycles. The number of halogens is 1. The van der Waals surface area contributed by atoms with Gasteiger partial charge in [-0.25, -0.2) is 8.42 Å². The van der Waals surface area contributed by atoms with Gasteiger partial charge in [-0.2, -0.15) is 0 Å². The highest BCUT2D eigenvalue weighted by molar-refractivity contribution is 7.91. The van der Waals surface area contributed by atoms with Gasteiger partial charge in [0.05, 0.1) is 23.3 Å². The van der Waals surface area contributed by atoms with Crippen LogP contribution >= 0.6 is 11.6 Å². The number of hydrogen-bond acceptors (Lipinski definition) is 4. The Morgan fingerprint density at radius 3 is 2.76 bits per heavy atom. The van der Waals surface area contributed by atoms with E-state index < -0.39 is 9.84 Å². The largest absolute Gasteiger partial charge is 0.452 e. The molecule has 0 saturated carbocycles. The average Bonchev–Trinajstić information content (AvgIpc) is 2.59. The highest BCUT2D eigenvalue weighted by Crippen LogP contribution is 2.19. The van der Waals surface area contributed by atoms with Crippen molar-refractivity contribution >= 4 is 27.3 Å². The van der Waals surface area contributed by atoms with E-state index in [9.17, 15) is 13.2 Å². The minimum absolute atomic E-state index is 0.00815. The van der Waals surface area contributed by atoms with Crippen LogP contribution in [0.5, 0.6) is 0 Å². The Bertz CT molecular complexity index is 522. The van der Waals surface area contributed by atoms with Crippen molar-refractivity contribution in [2.24, 2.45) is 0 Å². The normalized spacial score (nSPS) is 19.9. The second-order valence-corrected chi connectivity index (χ2v) is 6.55. The number of amides is 1. The zero-order valence-corrected chi connectivity index (χ0v) is 10.6.